The molecule has 1 N–H and O–H groups in total. The molecule has 0 saturated heterocycles. The Morgan fingerprint density at radius 1 is 1.33 bits per heavy atom. The summed E-state index contributed by atoms with van der Waals surface area (Å²) in [5.74, 6) is -0.434. The first-order chi connectivity index (χ1) is 11.3. The van der Waals surface area contributed by atoms with E-state index in [-0.39, 0.29) is 0 Å². The third-order valence-corrected chi connectivity index (χ3v) is 4.74. The van der Waals surface area contributed by atoms with Crippen molar-refractivity contribution < 1.29 is 13.2 Å². The maximum atomic E-state index is 12.6. The highest BCUT2D eigenvalue weighted by molar-refractivity contribution is 7.92. The second-order valence-corrected chi connectivity index (χ2v) is 7.49. The topological polar surface area (TPSA) is 79.4 Å². The summed E-state index contributed by atoms with van der Waals surface area (Å²) in [5.41, 5.74) is 0.846. The number of halogens is 1. The summed E-state index contributed by atoms with van der Waals surface area (Å²) in [4.78, 5) is 16.5. The maximum Gasteiger partial charge on any atom is 0.248 e. The monoisotopic (exact) mass is 367 g/mol. The molecule has 2 rings (SSSR count). The number of sulfonamides is 1. The minimum absolute atomic E-state index is 0.297. The second-order valence-electron chi connectivity index (χ2n) is 5.19. The molecule has 0 aliphatic rings. The Morgan fingerprint density at radius 2 is 2.08 bits per heavy atom. The van der Waals surface area contributed by atoms with Gasteiger partial charge in [-0.25, -0.2) is 8.42 Å². The van der Waals surface area contributed by atoms with E-state index in [9.17, 15) is 13.2 Å². The van der Waals surface area contributed by atoms with E-state index in [4.69, 9.17) is 11.6 Å². The fraction of sp³-hybridized carbons (Fsp3) is 0.250. The molecule has 0 bridgehead atoms. The van der Waals surface area contributed by atoms with Gasteiger partial charge in [0.1, 0.15) is 6.04 Å². The van der Waals surface area contributed by atoms with Gasteiger partial charge in [0.25, 0.3) is 0 Å². The fourth-order valence-electron chi connectivity index (χ4n) is 2.34. The van der Waals surface area contributed by atoms with Crippen molar-refractivity contribution in [1.29, 1.82) is 0 Å². The predicted octanol–water partition coefficient (Wildman–Crippen LogP) is 2.92. The number of rotatable bonds is 6. The summed E-state index contributed by atoms with van der Waals surface area (Å²) in [6.07, 6.45) is 4.44. The molecule has 1 atom stereocenters. The van der Waals surface area contributed by atoms with Gasteiger partial charge in [-0.3, -0.25) is 14.1 Å². The number of aromatic nitrogens is 1. The molecule has 128 valence electrons. The van der Waals surface area contributed by atoms with Crippen LogP contribution in [0.5, 0.6) is 0 Å². The number of hydrogen-bond acceptors (Lipinski definition) is 4. The van der Waals surface area contributed by atoms with Crippen LogP contribution >= 0.6 is 11.6 Å². The van der Waals surface area contributed by atoms with Crippen molar-refractivity contribution in [2.24, 2.45) is 0 Å². The Hall–Kier alpha value is -2.12. The van der Waals surface area contributed by atoms with Crippen LogP contribution in [0, 0.1) is 0 Å². The first kappa shape index (κ1) is 18.2. The lowest BCUT2D eigenvalue weighted by Crippen LogP contribution is -2.47. The number of anilines is 2. The average Bonchev–Trinajstić information content (AvgIpc) is 2.52. The minimum atomic E-state index is -3.69. The number of hydrogen-bond donors (Lipinski definition) is 1. The van der Waals surface area contributed by atoms with E-state index in [2.05, 4.69) is 10.3 Å². The molecule has 1 amide bonds. The van der Waals surface area contributed by atoms with Crippen LogP contribution in [-0.4, -0.2) is 31.6 Å². The molecule has 6 nitrogen and oxygen atoms in total. The second kappa shape index (κ2) is 7.63. The zero-order valence-corrected chi connectivity index (χ0v) is 14.9. The first-order valence-corrected chi connectivity index (χ1v) is 9.51. The summed E-state index contributed by atoms with van der Waals surface area (Å²) >= 11 is 5.97. The first-order valence-electron chi connectivity index (χ1n) is 7.28. The summed E-state index contributed by atoms with van der Waals surface area (Å²) < 4.78 is 25.7. The maximum absolute atomic E-state index is 12.6. The lowest BCUT2D eigenvalue weighted by molar-refractivity contribution is -0.117. The Kier molecular flexibility index (Phi) is 5.80. The highest BCUT2D eigenvalue weighted by atomic mass is 35.5. The van der Waals surface area contributed by atoms with Crippen LogP contribution in [0.4, 0.5) is 11.4 Å². The summed E-state index contributed by atoms with van der Waals surface area (Å²) in [6, 6.07) is 8.86. The summed E-state index contributed by atoms with van der Waals surface area (Å²) in [6.45, 7) is 1.75. The van der Waals surface area contributed by atoms with Gasteiger partial charge in [-0.2, -0.15) is 0 Å². The van der Waals surface area contributed by atoms with Gasteiger partial charge >= 0.3 is 0 Å². The van der Waals surface area contributed by atoms with Gasteiger partial charge in [0.05, 0.1) is 23.8 Å². The molecule has 0 radical (unpaired) electrons. The number of amides is 1. The van der Waals surface area contributed by atoms with E-state index in [1.165, 1.54) is 12.3 Å². The van der Waals surface area contributed by atoms with Crippen LogP contribution in [0.2, 0.25) is 5.02 Å². The van der Waals surface area contributed by atoms with Crippen LogP contribution in [0.1, 0.15) is 13.3 Å². The molecule has 0 unspecified atom stereocenters. The third-order valence-electron chi connectivity index (χ3n) is 3.32. The predicted molar refractivity (Wildman–Crippen MR) is 95.7 cm³/mol. The van der Waals surface area contributed by atoms with Crippen molar-refractivity contribution in [3.05, 3.63) is 53.8 Å². The van der Waals surface area contributed by atoms with E-state index in [1.54, 1.807) is 43.5 Å². The largest absolute Gasteiger partial charge is 0.323 e. The summed E-state index contributed by atoms with van der Waals surface area (Å²) in [7, 11) is -3.69. The van der Waals surface area contributed by atoms with Gasteiger partial charge in [0.2, 0.25) is 15.9 Å². The van der Waals surface area contributed by atoms with Gasteiger partial charge in [0, 0.05) is 11.2 Å². The van der Waals surface area contributed by atoms with Crippen molar-refractivity contribution in [2.45, 2.75) is 19.4 Å². The van der Waals surface area contributed by atoms with Crippen LogP contribution in [-0.2, 0) is 14.8 Å². The molecule has 0 fully saturated rings. The number of benzene rings is 1. The molecule has 0 saturated carbocycles. The molecule has 2 aromatic rings. The SMILES string of the molecule is CC[C@H](C(=O)Nc1cccnc1)N(c1cccc(Cl)c1)S(C)(=O)=O. The Balaban J connectivity index is 2.37. The Morgan fingerprint density at radius 3 is 2.62 bits per heavy atom. The van der Waals surface area contributed by atoms with Crippen molar-refractivity contribution in [3.63, 3.8) is 0 Å². The number of carbonyl (C=O) groups is 1. The van der Waals surface area contributed by atoms with Gasteiger partial charge in [0.15, 0.2) is 0 Å². The van der Waals surface area contributed by atoms with Gasteiger partial charge in [-0.05, 0) is 36.8 Å². The Labute approximate surface area is 146 Å². The van der Waals surface area contributed by atoms with Gasteiger partial charge in [-0.15, -0.1) is 0 Å². The van der Waals surface area contributed by atoms with Crippen LogP contribution in [0.25, 0.3) is 0 Å². The molecule has 1 aromatic carbocycles. The van der Waals surface area contributed by atoms with E-state index in [0.717, 1.165) is 10.6 Å². The zero-order valence-electron chi connectivity index (χ0n) is 13.3. The quantitative estimate of drug-likeness (QED) is 0.851. The van der Waals surface area contributed by atoms with Crippen molar-refractivity contribution >= 4 is 38.9 Å². The summed E-state index contributed by atoms with van der Waals surface area (Å²) in [5, 5.41) is 3.08. The van der Waals surface area contributed by atoms with E-state index < -0.39 is 22.0 Å². The zero-order chi connectivity index (χ0) is 17.7. The number of carbonyl (C=O) groups excluding carboxylic acids is 1. The number of nitrogens with one attached hydrogen (secondary N) is 1. The average molecular weight is 368 g/mol. The normalized spacial score (nSPS) is 12.5. The van der Waals surface area contributed by atoms with Crippen LogP contribution in [0.3, 0.4) is 0 Å². The number of pyridine rings is 1. The highest BCUT2D eigenvalue weighted by Gasteiger charge is 2.31. The smallest absolute Gasteiger partial charge is 0.248 e. The highest BCUT2D eigenvalue weighted by Crippen LogP contribution is 2.25. The van der Waals surface area contributed by atoms with Gasteiger partial charge < -0.3 is 5.32 Å². The molecule has 0 spiro atoms. The molecule has 1 aromatic heterocycles. The number of nitrogens with zero attached hydrogens (tertiary/aromatic N) is 2. The van der Waals surface area contributed by atoms with E-state index in [1.807, 2.05) is 0 Å². The van der Waals surface area contributed by atoms with E-state index >= 15 is 0 Å². The minimum Gasteiger partial charge on any atom is -0.323 e. The molecule has 8 heteroatoms. The van der Waals surface area contributed by atoms with Crippen LogP contribution < -0.4 is 9.62 Å². The lowest BCUT2D eigenvalue weighted by atomic mass is 10.2. The van der Waals surface area contributed by atoms with Gasteiger partial charge in [-0.1, -0.05) is 24.6 Å². The standard InChI is InChI=1S/C16H18ClN3O3S/c1-3-15(16(21)19-13-7-5-9-18-11-13)20(24(2,22)23)14-8-4-6-12(17)10-14/h4-11,15H,3H2,1-2H3,(H,19,21)/t15-/m1/s1. The molecule has 1 heterocycles. The lowest BCUT2D eigenvalue weighted by Gasteiger charge is -2.30. The molecular weight excluding hydrogens is 350 g/mol. The fourth-order valence-corrected chi connectivity index (χ4v) is 3.72. The molecule has 0 aliphatic heterocycles. The van der Waals surface area contributed by atoms with E-state index in [0.29, 0.717) is 22.8 Å². The van der Waals surface area contributed by atoms with Crippen molar-refractivity contribution in [2.75, 3.05) is 15.9 Å². The van der Waals surface area contributed by atoms with Crippen molar-refractivity contribution in [1.82, 2.24) is 4.98 Å². The van der Waals surface area contributed by atoms with Crippen molar-refractivity contribution in [3.8, 4) is 0 Å². The molecular formula is C16H18ClN3O3S. The third kappa shape index (κ3) is 4.46. The Bertz CT molecular complexity index is 812. The molecule has 0 aliphatic carbocycles. The molecule has 24 heavy (non-hydrogen) atoms. The van der Waals surface area contributed by atoms with Crippen LogP contribution in [0.15, 0.2) is 48.8 Å².